The SMILES string of the molecule is CCOc1ccc(C(C)NC(=NC)NCC(C2CC2)N(C)C)cc1OCC.I. The molecule has 160 valence electrons. The molecule has 2 N–H and O–H groups in total. The molecular weight excluding hydrogens is 467 g/mol. The van der Waals surface area contributed by atoms with Gasteiger partial charge in [-0.1, -0.05) is 6.07 Å². The molecule has 1 saturated carbocycles. The van der Waals surface area contributed by atoms with Crippen molar-refractivity contribution in [3.8, 4) is 11.5 Å². The predicted octanol–water partition coefficient (Wildman–Crippen LogP) is 3.67. The van der Waals surface area contributed by atoms with Crippen molar-refractivity contribution in [2.45, 2.75) is 45.7 Å². The molecule has 2 unspecified atom stereocenters. The summed E-state index contributed by atoms with van der Waals surface area (Å²) in [5.74, 6) is 3.20. The molecule has 0 bridgehead atoms. The topological polar surface area (TPSA) is 58.1 Å². The van der Waals surface area contributed by atoms with Crippen molar-refractivity contribution >= 4 is 29.9 Å². The third-order valence-electron chi connectivity index (χ3n) is 4.95. The maximum absolute atomic E-state index is 5.75. The molecule has 0 aromatic heterocycles. The summed E-state index contributed by atoms with van der Waals surface area (Å²) in [6, 6.07) is 6.75. The highest BCUT2D eigenvalue weighted by Crippen LogP contribution is 2.34. The van der Waals surface area contributed by atoms with Crippen LogP contribution in [0.2, 0.25) is 0 Å². The zero-order chi connectivity index (χ0) is 19.8. The van der Waals surface area contributed by atoms with Crippen LogP contribution >= 0.6 is 24.0 Å². The van der Waals surface area contributed by atoms with Gasteiger partial charge in [0.25, 0.3) is 0 Å². The second kappa shape index (κ2) is 12.4. The van der Waals surface area contributed by atoms with E-state index in [0.717, 1.165) is 35.5 Å². The number of nitrogens with one attached hydrogen (secondary N) is 2. The standard InChI is InChI=1S/C21H36N4O2.HI/c1-7-26-19-12-11-17(13-20(19)27-8-2)15(3)24-21(22-4)23-14-18(25(5)6)16-9-10-16;/h11-13,15-16,18H,7-10,14H2,1-6H3,(H2,22,23,24);1H. The molecule has 0 aliphatic heterocycles. The Kier molecular flexibility index (Phi) is 11.0. The van der Waals surface area contributed by atoms with Crippen LogP contribution in [0.5, 0.6) is 11.5 Å². The molecule has 1 aromatic carbocycles. The van der Waals surface area contributed by atoms with E-state index in [1.165, 1.54) is 12.8 Å². The van der Waals surface area contributed by atoms with Crippen molar-refractivity contribution in [3.63, 3.8) is 0 Å². The van der Waals surface area contributed by atoms with Crippen molar-refractivity contribution < 1.29 is 9.47 Å². The highest BCUT2D eigenvalue weighted by molar-refractivity contribution is 14.0. The van der Waals surface area contributed by atoms with Gasteiger partial charge in [-0.15, -0.1) is 24.0 Å². The van der Waals surface area contributed by atoms with E-state index >= 15 is 0 Å². The summed E-state index contributed by atoms with van der Waals surface area (Å²) < 4.78 is 11.4. The fourth-order valence-electron chi connectivity index (χ4n) is 3.27. The molecule has 0 amide bonds. The Morgan fingerprint density at radius 3 is 2.36 bits per heavy atom. The number of halogens is 1. The highest BCUT2D eigenvalue weighted by Gasteiger charge is 2.32. The van der Waals surface area contributed by atoms with Crippen LogP contribution < -0.4 is 20.1 Å². The Balaban J connectivity index is 0.00000392. The molecule has 1 aromatic rings. The lowest BCUT2D eigenvalue weighted by Gasteiger charge is -2.26. The number of hydrogen-bond donors (Lipinski definition) is 2. The average Bonchev–Trinajstić information content (AvgIpc) is 3.47. The first-order valence-electron chi connectivity index (χ1n) is 10.0. The minimum Gasteiger partial charge on any atom is -0.490 e. The number of likely N-dealkylation sites (N-methyl/N-ethyl adjacent to an activating group) is 1. The van der Waals surface area contributed by atoms with Crippen LogP contribution in [0.15, 0.2) is 23.2 Å². The molecule has 6 nitrogen and oxygen atoms in total. The predicted molar refractivity (Wildman–Crippen MR) is 127 cm³/mol. The number of benzene rings is 1. The molecule has 0 heterocycles. The fraction of sp³-hybridized carbons (Fsp3) is 0.667. The molecule has 0 saturated heterocycles. The summed E-state index contributed by atoms with van der Waals surface area (Å²) >= 11 is 0. The van der Waals surface area contributed by atoms with Gasteiger partial charge in [-0.2, -0.15) is 0 Å². The third-order valence-corrected chi connectivity index (χ3v) is 4.95. The number of guanidine groups is 1. The maximum Gasteiger partial charge on any atom is 0.191 e. The number of ether oxygens (including phenoxy) is 2. The first-order valence-corrected chi connectivity index (χ1v) is 10.0. The van der Waals surface area contributed by atoms with Crippen molar-refractivity contribution in [1.29, 1.82) is 0 Å². The van der Waals surface area contributed by atoms with Crippen molar-refractivity contribution in [3.05, 3.63) is 23.8 Å². The maximum atomic E-state index is 5.75. The van der Waals surface area contributed by atoms with Gasteiger partial charge in [0.2, 0.25) is 0 Å². The monoisotopic (exact) mass is 504 g/mol. The van der Waals surface area contributed by atoms with Crippen LogP contribution in [0.1, 0.15) is 45.2 Å². The van der Waals surface area contributed by atoms with E-state index in [0.29, 0.717) is 19.3 Å². The summed E-state index contributed by atoms with van der Waals surface area (Å²) in [6.07, 6.45) is 2.67. The second-order valence-electron chi connectivity index (χ2n) is 7.26. The first-order chi connectivity index (χ1) is 13.0. The molecule has 0 radical (unpaired) electrons. The molecule has 1 aliphatic rings. The molecule has 1 fully saturated rings. The van der Waals surface area contributed by atoms with Crippen molar-refractivity contribution in [1.82, 2.24) is 15.5 Å². The Morgan fingerprint density at radius 1 is 1.18 bits per heavy atom. The van der Waals surface area contributed by atoms with Gasteiger partial charge in [-0.25, -0.2) is 0 Å². The van der Waals surface area contributed by atoms with Crippen LogP contribution in [-0.2, 0) is 0 Å². The van der Waals surface area contributed by atoms with Crippen LogP contribution in [0, 0.1) is 5.92 Å². The lowest BCUT2D eigenvalue weighted by Crippen LogP contribution is -2.46. The van der Waals surface area contributed by atoms with E-state index in [4.69, 9.17) is 9.47 Å². The molecule has 28 heavy (non-hydrogen) atoms. The van der Waals surface area contributed by atoms with Crippen LogP contribution in [0.25, 0.3) is 0 Å². The zero-order valence-corrected chi connectivity index (χ0v) is 20.4. The molecule has 2 rings (SSSR count). The van der Waals surface area contributed by atoms with Gasteiger partial charge in [-0.05, 0) is 71.3 Å². The van der Waals surface area contributed by atoms with E-state index in [2.05, 4.69) is 47.6 Å². The quantitative estimate of drug-likeness (QED) is 0.290. The summed E-state index contributed by atoms with van der Waals surface area (Å²) in [5.41, 5.74) is 1.14. The Labute approximate surface area is 187 Å². The van der Waals surface area contributed by atoms with Gasteiger partial charge in [0.15, 0.2) is 17.5 Å². The molecule has 2 atom stereocenters. The Bertz CT molecular complexity index is 618. The normalized spacial score (nSPS) is 16.2. The summed E-state index contributed by atoms with van der Waals surface area (Å²) in [5, 5.41) is 6.97. The summed E-state index contributed by atoms with van der Waals surface area (Å²) in [7, 11) is 6.12. The van der Waals surface area contributed by atoms with Gasteiger partial charge >= 0.3 is 0 Å². The highest BCUT2D eigenvalue weighted by atomic mass is 127. The van der Waals surface area contributed by atoms with Crippen molar-refractivity contribution in [2.24, 2.45) is 10.9 Å². The van der Waals surface area contributed by atoms with Crippen LogP contribution in [0.4, 0.5) is 0 Å². The van der Waals surface area contributed by atoms with Gasteiger partial charge in [-0.3, -0.25) is 4.99 Å². The van der Waals surface area contributed by atoms with E-state index < -0.39 is 0 Å². The lowest BCUT2D eigenvalue weighted by molar-refractivity contribution is 0.264. The number of hydrogen-bond acceptors (Lipinski definition) is 4. The first kappa shape index (κ1) is 24.8. The lowest BCUT2D eigenvalue weighted by atomic mass is 10.1. The van der Waals surface area contributed by atoms with Crippen LogP contribution in [-0.4, -0.2) is 57.8 Å². The zero-order valence-electron chi connectivity index (χ0n) is 18.1. The minimum atomic E-state index is 0. The molecule has 7 heteroatoms. The molecular formula is C21H37IN4O2. The van der Waals surface area contributed by atoms with Gasteiger partial charge in [0.05, 0.1) is 19.3 Å². The van der Waals surface area contributed by atoms with Crippen LogP contribution in [0.3, 0.4) is 0 Å². The van der Waals surface area contributed by atoms with E-state index in [9.17, 15) is 0 Å². The van der Waals surface area contributed by atoms with E-state index in [-0.39, 0.29) is 30.0 Å². The largest absolute Gasteiger partial charge is 0.490 e. The number of aliphatic imine (C=N–C) groups is 1. The average molecular weight is 504 g/mol. The summed E-state index contributed by atoms with van der Waals surface area (Å²) in [6.45, 7) is 8.22. The molecule has 0 spiro atoms. The third kappa shape index (κ3) is 7.31. The van der Waals surface area contributed by atoms with Gasteiger partial charge in [0, 0.05) is 19.6 Å². The minimum absolute atomic E-state index is 0. The van der Waals surface area contributed by atoms with E-state index in [1.807, 2.05) is 33.0 Å². The van der Waals surface area contributed by atoms with Gasteiger partial charge in [0.1, 0.15) is 0 Å². The van der Waals surface area contributed by atoms with Gasteiger partial charge < -0.3 is 25.0 Å². The number of nitrogens with zero attached hydrogens (tertiary/aromatic N) is 2. The summed E-state index contributed by atoms with van der Waals surface area (Å²) in [4.78, 5) is 6.70. The van der Waals surface area contributed by atoms with Crippen molar-refractivity contribution in [2.75, 3.05) is 40.9 Å². The number of rotatable bonds is 10. The Morgan fingerprint density at radius 2 is 1.82 bits per heavy atom. The van der Waals surface area contributed by atoms with E-state index in [1.54, 1.807) is 0 Å². The second-order valence-corrected chi connectivity index (χ2v) is 7.26. The molecule has 1 aliphatic carbocycles. The fourth-order valence-corrected chi connectivity index (χ4v) is 3.27. The smallest absolute Gasteiger partial charge is 0.191 e. The Hall–Kier alpha value is -1.22.